The summed E-state index contributed by atoms with van der Waals surface area (Å²) < 4.78 is 5.25. The fourth-order valence-corrected chi connectivity index (χ4v) is 1.52. The van der Waals surface area contributed by atoms with Gasteiger partial charge in [0.2, 0.25) is 11.7 Å². The van der Waals surface area contributed by atoms with Crippen LogP contribution in [0.4, 0.5) is 11.6 Å². The van der Waals surface area contributed by atoms with Crippen LogP contribution in [0, 0.1) is 0 Å². The molecule has 0 radical (unpaired) electrons. The van der Waals surface area contributed by atoms with Crippen molar-refractivity contribution in [3.05, 3.63) is 6.33 Å². The van der Waals surface area contributed by atoms with Gasteiger partial charge in [0.25, 0.3) is 0 Å². The first-order valence-corrected chi connectivity index (χ1v) is 6.25. The SMILES string of the molecule is CCCNC(=O)C(C)Nc1ncnc(NC)c1OC. The Hall–Kier alpha value is -2.05. The van der Waals surface area contributed by atoms with Crippen LogP contribution in [-0.2, 0) is 4.79 Å². The van der Waals surface area contributed by atoms with Crippen molar-refractivity contribution < 1.29 is 9.53 Å². The fraction of sp³-hybridized carbons (Fsp3) is 0.583. The first-order chi connectivity index (χ1) is 9.13. The maximum absolute atomic E-state index is 11.8. The highest BCUT2D eigenvalue weighted by Crippen LogP contribution is 2.28. The van der Waals surface area contributed by atoms with Gasteiger partial charge in [0.15, 0.2) is 11.6 Å². The number of aromatic nitrogens is 2. The van der Waals surface area contributed by atoms with E-state index in [9.17, 15) is 4.79 Å². The molecule has 0 fully saturated rings. The molecular weight excluding hydrogens is 246 g/mol. The average Bonchev–Trinajstić information content (AvgIpc) is 2.44. The lowest BCUT2D eigenvalue weighted by Crippen LogP contribution is -2.38. The van der Waals surface area contributed by atoms with E-state index in [-0.39, 0.29) is 5.91 Å². The van der Waals surface area contributed by atoms with Crippen LogP contribution in [0.5, 0.6) is 5.75 Å². The third kappa shape index (κ3) is 3.97. The molecule has 1 unspecified atom stereocenters. The highest BCUT2D eigenvalue weighted by molar-refractivity contribution is 5.84. The molecule has 1 heterocycles. The van der Waals surface area contributed by atoms with Gasteiger partial charge < -0.3 is 20.7 Å². The van der Waals surface area contributed by atoms with Crippen molar-refractivity contribution in [2.75, 3.05) is 31.3 Å². The normalized spacial score (nSPS) is 11.6. The lowest BCUT2D eigenvalue weighted by atomic mass is 10.3. The van der Waals surface area contributed by atoms with Crippen molar-refractivity contribution in [2.45, 2.75) is 26.3 Å². The number of rotatable bonds is 7. The van der Waals surface area contributed by atoms with Crippen molar-refractivity contribution in [2.24, 2.45) is 0 Å². The van der Waals surface area contributed by atoms with E-state index in [4.69, 9.17) is 4.74 Å². The van der Waals surface area contributed by atoms with E-state index in [0.29, 0.717) is 23.9 Å². The number of nitrogens with zero attached hydrogens (tertiary/aromatic N) is 2. The summed E-state index contributed by atoms with van der Waals surface area (Å²) >= 11 is 0. The van der Waals surface area contributed by atoms with Crippen LogP contribution in [0.15, 0.2) is 6.33 Å². The maximum atomic E-state index is 11.8. The minimum absolute atomic E-state index is 0.0754. The van der Waals surface area contributed by atoms with Gasteiger partial charge in [-0.25, -0.2) is 9.97 Å². The van der Waals surface area contributed by atoms with Crippen LogP contribution in [-0.4, -0.2) is 42.6 Å². The second kappa shape index (κ2) is 7.40. The van der Waals surface area contributed by atoms with Crippen LogP contribution in [0.1, 0.15) is 20.3 Å². The summed E-state index contributed by atoms with van der Waals surface area (Å²) in [6.45, 7) is 4.43. The highest BCUT2D eigenvalue weighted by atomic mass is 16.5. The third-order valence-electron chi connectivity index (χ3n) is 2.54. The molecular formula is C12H21N5O2. The van der Waals surface area contributed by atoms with Crippen molar-refractivity contribution in [1.82, 2.24) is 15.3 Å². The Morgan fingerprint density at radius 2 is 2.11 bits per heavy atom. The minimum Gasteiger partial charge on any atom is -0.490 e. The van der Waals surface area contributed by atoms with Crippen molar-refractivity contribution in [3.63, 3.8) is 0 Å². The molecule has 0 aliphatic carbocycles. The smallest absolute Gasteiger partial charge is 0.242 e. The molecule has 1 rings (SSSR count). The molecule has 7 nitrogen and oxygen atoms in total. The zero-order valence-electron chi connectivity index (χ0n) is 11.8. The average molecular weight is 267 g/mol. The van der Waals surface area contributed by atoms with Crippen molar-refractivity contribution >= 4 is 17.5 Å². The summed E-state index contributed by atoms with van der Waals surface area (Å²) in [5.41, 5.74) is 0. The Balaban J connectivity index is 2.78. The number of carbonyl (C=O) groups excluding carboxylic acids is 1. The predicted molar refractivity (Wildman–Crippen MR) is 74.5 cm³/mol. The Labute approximate surface area is 113 Å². The predicted octanol–water partition coefficient (Wildman–Crippen LogP) is 0.853. The highest BCUT2D eigenvalue weighted by Gasteiger charge is 2.17. The number of carbonyl (C=O) groups is 1. The Morgan fingerprint density at radius 3 is 2.68 bits per heavy atom. The molecule has 0 spiro atoms. The summed E-state index contributed by atoms with van der Waals surface area (Å²) in [6, 6.07) is -0.403. The topological polar surface area (TPSA) is 88.2 Å². The Bertz CT molecular complexity index is 425. The molecule has 0 aliphatic rings. The Kier molecular flexibility index (Phi) is 5.84. The maximum Gasteiger partial charge on any atom is 0.242 e. The number of hydrogen-bond acceptors (Lipinski definition) is 6. The van der Waals surface area contributed by atoms with Gasteiger partial charge in [-0.15, -0.1) is 0 Å². The van der Waals surface area contributed by atoms with Gasteiger partial charge in [0.05, 0.1) is 7.11 Å². The lowest BCUT2D eigenvalue weighted by molar-refractivity contribution is -0.121. The molecule has 0 aliphatic heterocycles. The van der Waals surface area contributed by atoms with E-state index in [0.717, 1.165) is 6.42 Å². The van der Waals surface area contributed by atoms with E-state index in [1.165, 1.54) is 13.4 Å². The molecule has 0 aromatic carbocycles. The molecule has 19 heavy (non-hydrogen) atoms. The number of methoxy groups -OCH3 is 1. The van der Waals surface area contributed by atoms with Crippen LogP contribution in [0.25, 0.3) is 0 Å². The van der Waals surface area contributed by atoms with Gasteiger partial charge >= 0.3 is 0 Å². The van der Waals surface area contributed by atoms with E-state index >= 15 is 0 Å². The quantitative estimate of drug-likeness (QED) is 0.679. The van der Waals surface area contributed by atoms with Gasteiger partial charge in [-0.05, 0) is 13.3 Å². The third-order valence-corrected chi connectivity index (χ3v) is 2.54. The molecule has 1 atom stereocenters. The summed E-state index contributed by atoms with van der Waals surface area (Å²) in [5, 5.41) is 8.74. The molecule has 3 N–H and O–H groups in total. The lowest BCUT2D eigenvalue weighted by Gasteiger charge is -2.17. The minimum atomic E-state index is -0.403. The molecule has 7 heteroatoms. The second-order valence-electron chi connectivity index (χ2n) is 4.01. The van der Waals surface area contributed by atoms with E-state index in [1.807, 2.05) is 6.92 Å². The first kappa shape index (κ1) is 15.0. The zero-order chi connectivity index (χ0) is 14.3. The zero-order valence-corrected chi connectivity index (χ0v) is 11.8. The molecule has 1 amide bonds. The van der Waals surface area contributed by atoms with Crippen LogP contribution in [0.3, 0.4) is 0 Å². The molecule has 106 valence electrons. The van der Waals surface area contributed by atoms with Crippen LogP contribution < -0.4 is 20.7 Å². The molecule has 0 saturated carbocycles. The van der Waals surface area contributed by atoms with Crippen molar-refractivity contribution in [3.8, 4) is 5.75 Å². The van der Waals surface area contributed by atoms with Gasteiger partial charge in [0, 0.05) is 13.6 Å². The standard InChI is InChI=1S/C12H21N5O2/c1-5-6-14-12(18)8(2)17-11-9(19-4)10(13-3)15-7-16-11/h7-8H,5-6H2,1-4H3,(H,14,18)(H2,13,15,16,17). The summed E-state index contributed by atoms with van der Waals surface area (Å²) in [6.07, 6.45) is 2.31. The molecule has 0 bridgehead atoms. The van der Waals surface area contributed by atoms with Crippen LogP contribution >= 0.6 is 0 Å². The van der Waals surface area contributed by atoms with Gasteiger partial charge in [-0.3, -0.25) is 4.79 Å². The Morgan fingerprint density at radius 1 is 1.42 bits per heavy atom. The van der Waals surface area contributed by atoms with E-state index in [1.54, 1.807) is 14.0 Å². The van der Waals surface area contributed by atoms with E-state index < -0.39 is 6.04 Å². The van der Waals surface area contributed by atoms with Crippen molar-refractivity contribution in [1.29, 1.82) is 0 Å². The number of anilines is 2. The molecule has 1 aromatic rings. The van der Waals surface area contributed by atoms with E-state index in [2.05, 4.69) is 25.9 Å². The molecule has 0 saturated heterocycles. The first-order valence-electron chi connectivity index (χ1n) is 6.25. The monoisotopic (exact) mass is 267 g/mol. The summed E-state index contributed by atoms with van der Waals surface area (Å²) in [4.78, 5) is 19.9. The van der Waals surface area contributed by atoms with Gasteiger partial charge in [-0.2, -0.15) is 0 Å². The molecule has 1 aromatic heterocycles. The summed E-state index contributed by atoms with van der Waals surface area (Å²) in [7, 11) is 3.28. The number of amides is 1. The number of hydrogen-bond donors (Lipinski definition) is 3. The largest absolute Gasteiger partial charge is 0.490 e. The fourth-order valence-electron chi connectivity index (χ4n) is 1.52. The van der Waals surface area contributed by atoms with Crippen LogP contribution in [0.2, 0.25) is 0 Å². The van der Waals surface area contributed by atoms with Gasteiger partial charge in [-0.1, -0.05) is 6.92 Å². The second-order valence-corrected chi connectivity index (χ2v) is 4.01. The van der Waals surface area contributed by atoms with Gasteiger partial charge in [0.1, 0.15) is 12.4 Å². The number of ether oxygens (including phenoxy) is 1. The summed E-state index contributed by atoms with van der Waals surface area (Å²) in [5.74, 6) is 1.47. The number of nitrogens with one attached hydrogen (secondary N) is 3.